The smallest absolute Gasteiger partial charge is 0.261 e. The van der Waals surface area contributed by atoms with Gasteiger partial charge in [0.1, 0.15) is 0 Å². The van der Waals surface area contributed by atoms with Crippen LogP contribution >= 0.6 is 0 Å². The number of amides is 2. The highest BCUT2D eigenvalue weighted by molar-refractivity contribution is 7.92. The van der Waals surface area contributed by atoms with E-state index in [2.05, 4.69) is 10.0 Å². The molecule has 0 aromatic heterocycles. The highest BCUT2D eigenvalue weighted by atomic mass is 32.2. The largest absolute Gasteiger partial charge is 0.349 e. The molecule has 1 aliphatic heterocycles. The Labute approximate surface area is 189 Å². The first-order valence-corrected chi connectivity index (χ1v) is 12.7. The first kappa shape index (κ1) is 22.3. The number of sulfonamides is 1. The van der Waals surface area contributed by atoms with Gasteiger partial charge in [-0.2, -0.15) is 0 Å². The molecule has 0 atom stereocenters. The van der Waals surface area contributed by atoms with Gasteiger partial charge in [-0.1, -0.05) is 38.3 Å². The molecule has 2 aliphatic rings. The van der Waals surface area contributed by atoms with Crippen LogP contribution < -0.4 is 14.9 Å². The van der Waals surface area contributed by atoms with Gasteiger partial charge in [-0.05, 0) is 55.2 Å². The van der Waals surface area contributed by atoms with E-state index in [9.17, 15) is 18.0 Å². The summed E-state index contributed by atoms with van der Waals surface area (Å²) in [5.41, 5.74) is 2.16. The van der Waals surface area contributed by atoms with Gasteiger partial charge in [0, 0.05) is 24.7 Å². The second-order valence-electron chi connectivity index (χ2n) is 8.40. The number of rotatable bonds is 6. The monoisotopic (exact) mass is 455 g/mol. The summed E-state index contributed by atoms with van der Waals surface area (Å²) < 4.78 is 28.8. The van der Waals surface area contributed by atoms with E-state index < -0.39 is 10.0 Å². The Morgan fingerprint density at radius 3 is 2.56 bits per heavy atom. The molecule has 0 bridgehead atoms. The Kier molecular flexibility index (Phi) is 6.50. The predicted molar refractivity (Wildman–Crippen MR) is 124 cm³/mol. The minimum Gasteiger partial charge on any atom is -0.349 e. The summed E-state index contributed by atoms with van der Waals surface area (Å²) in [4.78, 5) is 26.8. The van der Waals surface area contributed by atoms with E-state index in [1.54, 1.807) is 41.3 Å². The number of fused-ring (bicyclic) bond motifs is 1. The molecule has 0 unspecified atom stereocenters. The maximum absolute atomic E-state index is 13.1. The van der Waals surface area contributed by atoms with Crippen LogP contribution in [0.4, 0.5) is 11.4 Å². The minimum absolute atomic E-state index is 0.0235. The van der Waals surface area contributed by atoms with Crippen LogP contribution in [0.1, 0.15) is 61.4 Å². The van der Waals surface area contributed by atoms with Crippen LogP contribution in [0.15, 0.2) is 47.4 Å². The third-order valence-corrected chi connectivity index (χ3v) is 7.58. The van der Waals surface area contributed by atoms with Crippen LogP contribution in [0.25, 0.3) is 0 Å². The van der Waals surface area contributed by atoms with Crippen LogP contribution in [0, 0.1) is 0 Å². The van der Waals surface area contributed by atoms with Gasteiger partial charge < -0.3 is 10.2 Å². The zero-order valence-corrected chi connectivity index (χ0v) is 19.1. The van der Waals surface area contributed by atoms with Crippen molar-refractivity contribution in [2.45, 2.75) is 62.8 Å². The summed E-state index contributed by atoms with van der Waals surface area (Å²) >= 11 is 0. The molecule has 1 saturated carbocycles. The van der Waals surface area contributed by atoms with Crippen LogP contribution in [0.3, 0.4) is 0 Å². The number of para-hydroxylation sites is 1. The molecule has 2 aromatic rings. The number of nitrogens with zero attached hydrogens (tertiary/aromatic N) is 1. The molecule has 2 N–H and O–H groups in total. The molecule has 0 saturated heterocycles. The van der Waals surface area contributed by atoms with Crippen LogP contribution in [0.2, 0.25) is 0 Å². The first-order chi connectivity index (χ1) is 15.4. The highest BCUT2D eigenvalue weighted by Crippen LogP contribution is 2.31. The van der Waals surface area contributed by atoms with Gasteiger partial charge in [-0.15, -0.1) is 0 Å². The van der Waals surface area contributed by atoms with Gasteiger partial charge in [-0.3, -0.25) is 14.3 Å². The quantitative estimate of drug-likeness (QED) is 0.692. The van der Waals surface area contributed by atoms with E-state index >= 15 is 0 Å². The van der Waals surface area contributed by atoms with Crippen molar-refractivity contribution in [2.75, 3.05) is 16.2 Å². The Hall–Kier alpha value is -2.87. The number of carbonyl (C=O) groups is 2. The summed E-state index contributed by atoms with van der Waals surface area (Å²) in [6.07, 6.45) is 6.30. The minimum atomic E-state index is -3.90. The number of hydrogen-bond donors (Lipinski definition) is 2. The van der Waals surface area contributed by atoms with Crippen LogP contribution in [-0.2, 0) is 21.2 Å². The molecule has 7 nitrogen and oxygen atoms in total. The van der Waals surface area contributed by atoms with Crippen molar-refractivity contribution >= 4 is 33.2 Å². The van der Waals surface area contributed by atoms with Crippen molar-refractivity contribution < 1.29 is 18.0 Å². The van der Waals surface area contributed by atoms with E-state index in [0.29, 0.717) is 24.9 Å². The third kappa shape index (κ3) is 4.65. The van der Waals surface area contributed by atoms with Crippen molar-refractivity contribution in [3.8, 4) is 0 Å². The van der Waals surface area contributed by atoms with E-state index in [1.165, 1.54) is 12.5 Å². The predicted octanol–water partition coefficient (Wildman–Crippen LogP) is 3.85. The lowest BCUT2D eigenvalue weighted by Crippen LogP contribution is -2.36. The number of hydrogen-bond acceptors (Lipinski definition) is 4. The molecular formula is C24H29N3O4S. The molecule has 170 valence electrons. The second-order valence-corrected chi connectivity index (χ2v) is 10.1. The Morgan fingerprint density at radius 2 is 1.81 bits per heavy atom. The maximum Gasteiger partial charge on any atom is 0.261 e. The SMILES string of the molecule is CCC(=O)N1CCc2cc(S(=O)(=O)Nc3ccccc3C(=O)NC3CCCCC3)ccc21. The summed E-state index contributed by atoms with van der Waals surface area (Å²) in [5.74, 6) is -0.242. The topological polar surface area (TPSA) is 95.6 Å². The van der Waals surface area contributed by atoms with E-state index in [0.717, 1.165) is 36.9 Å². The normalized spacial score (nSPS) is 16.5. The van der Waals surface area contributed by atoms with Gasteiger partial charge in [0.2, 0.25) is 5.91 Å². The number of anilines is 2. The zero-order chi connectivity index (χ0) is 22.7. The van der Waals surface area contributed by atoms with E-state index in [1.807, 2.05) is 6.92 Å². The number of carbonyl (C=O) groups excluding carboxylic acids is 2. The van der Waals surface area contributed by atoms with Gasteiger partial charge in [0.05, 0.1) is 16.1 Å². The molecule has 4 rings (SSSR count). The van der Waals surface area contributed by atoms with Crippen molar-refractivity contribution in [1.82, 2.24) is 5.32 Å². The average Bonchev–Trinajstić information content (AvgIpc) is 3.23. The summed E-state index contributed by atoms with van der Waals surface area (Å²) in [6.45, 7) is 2.37. The number of nitrogens with one attached hydrogen (secondary N) is 2. The molecule has 2 aromatic carbocycles. The summed E-state index contributed by atoms with van der Waals surface area (Å²) in [7, 11) is -3.90. The maximum atomic E-state index is 13.1. The third-order valence-electron chi connectivity index (χ3n) is 6.22. The fraction of sp³-hybridized carbons (Fsp3) is 0.417. The van der Waals surface area contributed by atoms with Crippen molar-refractivity contribution in [1.29, 1.82) is 0 Å². The summed E-state index contributed by atoms with van der Waals surface area (Å²) in [5, 5.41) is 3.04. The molecular weight excluding hydrogens is 426 g/mol. The fourth-order valence-electron chi connectivity index (χ4n) is 4.48. The Bertz CT molecular complexity index is 1120. The molecule has 1 fully saturated rings. The lowest BCUT2D eigenvalue weighted by molar-refractivity contribution is -0.118. The molecule has 32 heavy (non-hydrogen) atoms. The summed E-state index contributed by atoms with van der Waals surface area (Å²) in [6, 6.07) is 11.6. The van der Waals surface area contributed by atoms with Crippen LogP contribution in [0.5, 0.6) is 0 Å². The van der Waals surface area contributed by atoms with Gasteiger partial charge in [-0.25, -0.2) is 8.42 Å². The standard InChI is InChI=1S/C24H29N3O4S/c1-2-23(28)27-15-14-17-16-19(12-13-22(17)27)32(30,31)26-21-11-7-6-10-20(21)24(29)25-18-8-4-3-5-9-18/h6-7,10-13,16,18,26H,2-5,8-9,14-15H2,1H3,(H,25,29). The molecule has 0 spiro atoms. The Morgan fingerprint density at radius 1 is 1.06 bits per heavy atom. The van der Waals surface area contributed by atoms with Crippen molar-refractivity contribution in [3.63, 3.8) is 0 Å². The molecule has 1 aliphatic carbocycles. The van der Waals surface area contributed by atoms with E-state index in [-0.39, 0.29) is 28.4 Å². The Balaban J connectivity index is 1.54. The van der Waals surface area contributed by atoms with E-state index in [4.69, 9.17) is 0 Å². The van der Waals surface area contributed by atoms with Gasteiger partial charge in [0.15, 0.2) is 0 Å². The molecule has 1 heterocycles. The van der Waals surface area contributed by atoms with Crippen molar-refractivity contribution in [3.05, 3.63) is 53.6 Å². The second kappa shape index (κ2) is 9.32. The molecule has 8 heteroatoms. The average molecular weight is 456 g/mol. The van der Waals surface area contributed by atoms with Crippen molar-refractivity contribution in [2.24, 2.45) is 0 Å². The lowest BCUT2D eigenvalue weighted by atomic mass is 9.95. The highest BCUT2D eigenvalue weighted by Gasteiger charge is 2.27. The van der Waals surface area contributed by atoms with Gasteiger partial charge in [0.25, 0.3) is 15.9 Å². The van der Waals surface area contributed by atoms with Crippen LogP contribution in [-0.4, -0.2) is 32.8 Å². The zero-order valence-electron chi connectivity index (χ0n) is 18.3. The van der Waals surface area contributed by atoms with Gasteiger partial charge >= 0.3 is 0 Å². The molecule has 2 amide bonds. The number of benzene rings is 2. The fourth-order valence-corrected chi connectivity index (χ4v) is 5.61. The molecule has 0 radical (unpaired) electrons. The lowest BCUT2D eigenvalue weighted by Gasteiger charge is -2.23. The first-order valence-electron chi connectivity index (χ1n) is 11.2.